The molecule has 1 nitrogen and oxygen atoms in total. The number of hydrogen-bond acceptors (Lipinski definition) is 1. The minimum atomic E-state index is 0.360. The highest BCUT2D eigenvalue weighted by Crippen LogP contribution is 2.42. The van der Waals surface area contributed by atoms with Gasteiger partial charge in [0.2, 0.25) is 0 Å². The van der Waals surface area contributed by atoms with Crippen molar-refractivity contribution in [1.82, 2.24) is 0 Å². The van der Waals surface area contributed by atoms with Crippen molar-refractivity contribution < 1.29 is 0 Å². The molecule has 208 valence electrons. The van der Waals surface area contributed by atoms with Gasteiger partial charge in [-0.1, -0.05) is 121 Å². The first-order valence-electron chi connectivity index (χ1n) is 15.6. The van der Waals surface area contributed by atoms with Crippen LogP contribution in [0.15, 0.2) is 139 Å². The molecule has 1 unspecified atom stereocenters. The van der Waals surface area contributed by atoms with Gasteiger partial charge in [-0.2, -0.15) is 0 Å². The Morgan fingerprint density at radius 3 is 2.35 bits per heavy atom. The number of nitrogens with one attached hydrogen (secondary N) is 1. The number of anilines is 2. The molecule has 0 saturated heterocycles. The summed E-state index contributed by atoms with van der Waals surface area (Å²) < 4.78 is 0. The minimum Gasteiger partial charge on any atom is -0.355 e. The van der Waals surface area contributed by atoms with Gasteiger partial charge in [0.25, 0.3) is 0 Å². The number of hydrogen-bond donors (Lipinski definition) is 1. The van der Waals surface area contributed by atoms with Crippen molar-refractivity contribution in [2.24, 2.45) is 0 Å². The molecule has 0 aliphatic heterocycles. The van der Waals surface area contributed by atoms with Crippen molar-refractivity contribution in [1.29, 1.82) is 0 Å². The number of allylic oxidation sites excluding steroid dienone is 6. The molecular weight excluding hydrogens is 518 g/mol. The topological polar surface area (TPSA) is 12.0 Å². The molecule has 0 aromatic heterocycles. The maximum atomic E-state index is 3.72. The van der Waals surface area contributed by atoms with Crippen LogP contribution in [0, 0.1) is 0 Å². The van der Waals surface area contributed by atoms with E-state index < -0.39 is 0 Å². The number of benzene rings is 5. The molecule has 3 aliphatic carbocycles. The summed E-state index contributed by atoms with van der Waals surface area (Å²) in [5, 5.41) is 6.53. The molecule has 1 atom stereocenters. The Kier molecular flexibility index (Phi) is 6.65. The molecule has 0 fully saturated rings. The summed E-state index contributed by atoms with van der Waals surface area (Å²) >= 11 is 0. The van der Waals surface area contributed by atoms with E-state index in [9.17, 15) is 0 Å². The average molecular weight is 554 g/mol. The zero-order valence-corrected chi connectivity index (χ0v) is 24.4. The number of para-hydroxylation sites is 1. The van der Waals surface area contributed by atoms with Crippen LogP contribution in [0.3, 0.4) is 0 Å². The molecule has 0 heterocycles. The lowest BCUT2D eigenvalue weighted by Gasteiger charge is -2.28. The zero-order valence-electron chi connectivity index (χ0n) is 24.4. The summed E-state index contributed by atoms with van der Waals surface area (Å²) in [4.78, 5) is 0. The van der Waals surface area contributed by atoms with Gasteiger partial charge in [-0.15, -0.1) is 0 Å². The van der Waals surface area contributed by atoms with Gasteiger partial charge in [0.15, 0.2) is 0 Å². The van der Waals surface area contributed by atoms with E-state index in [1.165, 1.54) is 49.7 Å². The van der Waals surface area contributed by atoms with Crippen molar-refractivity contribution >= 4 is 34.3 Å². The Morgan fingerprint density at radius 2 is 1.44 bits per heavy atom. The molecule has 1 heteroatoms. The van der Waals surface area contributed by atoms with Crippen LogP contribution in [-0.4, -0.2) is 0 Å². The van der Waals surface area contributed by atoms with Crippen molar-refractivity contribution in [2.75, 3.05) is 5.32 Å². The molecule has 0 spiro atoms. The van der Waals surface area contributed by atoms with Crippen LogP contribution in [0.5, 0.6) is 0 Å². The fourth-order valence-corrected chi connectivity index (χ4v) is 7.33. The standard InChI is InChI=1S/C42H35N/c1-2-12-29(13-3-1)35-18-8-9-23-42(35)43-34-17-11-16-32(27-34)30-14-10-15-31(26-30)33-24-25-40-38-21-5-4-19-36(38)37-20-6-7-22-39(37)41(40)28-33/h1-4,6-20,22-23,27-28,30,43H,5,21,24-26H2. The van der Waals surface area contributed by atoms with Crippen LogP contribution in [0.1, 0.15) is 53.0 Å². The predicted octanol–water partition coefficient (Wildman–Crippen LogP) is 11.2. The first-order chi connectivity index (χ1) is 21.3. The Hall–Kier alpha value is -4.88. The van der Waals surface area contributed by atoms with Gasteiger partial charge in [0.1, 0.15) is 0 Å². The molecule has 43 heavy (non-hydrogen) atoms. The molecule has 1 N–H and O–H groups in total. The fraction of sp³-hybridized carbons (Fsp3) is 0.143. The Bertz CT molecular complexity index is 1970. The predicted molar refractivity (Wildman–Crippen MR) is 184 cm³/mol. The molecular formula is C42H35N. The van der Waals surface area contributed by atoms with Crippen LogP contribution in [-0.2, 0) is 12.8 Å². The largest absolute Gasteiger partial charge is 0.355 e. The highest BCUT2D eigenvalue weighted by Gasteiger charge is 2.24. The van der Waals surface area contributed by atoms with Gasteiger partial charge in [-0.3, -0.25) is 0 Å². The summed E-state index contributed by atoms with van der Waals surface area (Å²) in [6, 6.07) is 37.2. The monoisotopic (exact) mass is 553 g/mol. The average Bonchev–Trinajstić information content (AvgIpc) is 3.09. The Balaban J connectivity index is 1.08. The second kappa shape index (κ2) is 11.1. The molecule has 5 aromatic rings. The van der Waals surface area contributed by atoms with Gasteiger partial charge in [0, 0.05) is 22.9 Å². The van der Waals surface area contributed by atoms with E-state index in [2.05, 4.69) is 145 Å². The van der Waals surface area contributed by atoms with Gasteiger partial charge in [-0.05, 0) is 106 Å². The Morgan fingerprint density at radius 1 is 0.651 bits per heavy atom. The van der Waals surface area contributed by atoms with Crippen LogP contribution in [0.4, 0.5) is 11.4 Å². The van der Waals surface area contributed by atoms with Crippen molar-refractivity contribution in [3.8, 4) is 11.1 Å². The SMILES string of the molecule is C1=CC(c2cccc(Nc3ccccc3-c3ccccc3)c2)CC(C2=Cc3c(c4c(c5ccccc35)C=CCC4)CC2)=C1. The minimum absolute atomic E-state index is 0.360. The lowest BCUT2D eigenvalue weighted by molar-refractivity contribution is 0.795. The third kappa shape index (κ3) is 4.85. The summed E-state index contributed by atoms with van der Waals surface area (Å²) in [7, 11) is 0. The maximum absolute atomic E-state index is 3.72. The van der Waals surface area contributed by atoms with E-state index in [1.807, 2.05) is 0 Å². The Labute approximate surface area is 254 Å². The number of rotatable bonds is 5. The van der Waals surface area contributed by atoms with Crippen molar-refractivity contribution in [2.45, 2.75) is 38.0 Å². The fourth-order valence-electron chi connectivity index (χ4n) is 7.33. The zero-order chi connectivity index (χ0) is 28.6. The summed E-state index contributed by atoms with van der Waals surface area (Å²) in [5.41, 5.74) is 15.1. The summed E-state index contributed by atoms with van der Waals surface area (Å²) in [5.74, 6) is 0.360. The molecule has 5 aromatic carbocycles. The lowest BCUT2D eigenvalue weighted by Crippen LogP contribution is -2.11. The highest BCUT2D eigenvalue weighted by atomic mass is 14.9. The summed E-state index contributed by atoms with van der Waals surface area (Å²) in [6.07, 6.45) is 19.8. The maximum Gasteiger partial charge on any atom is 0.0463 e. The van der Waals surface area contributed by atoms with Crippen molar-refractivity contribution in [3.05, 3.63) is 166 Å². The molecule has 0 amide bonds. The smallest absolute Gasteiger partial charge is 0.0463 e. The molecule has 0 saturated carbocycles. The van der Waals surface area contributed by atoms with Crippen LogP contribution in [0.25, 0.3) is 34.1 Å². The van der Waals surface area contributed by atoms with Crippen LogP contribution < -0.4 is 5.32 Å². The lowest BCUT2D eigenvalue weighted by atomic mass is 9.76. The van der Waals surface area contributed by atoms with Gasteiger partial charge < -0.3 is 5.32 Å². The van der Waals surface area contributed by atoms with Crippen LogP contribution in [0.2, 0.25) is 0 Å². The van der Waals surface area contributed by atoms with Crippen LogP contribution >= 0.6 is 0 Å². The molecule has 0 radical (unpaired) electrons. The molecule has 8 rings (SSSR count). The quantitative estimate of drug-likeness (QED) is 0.228. The van der Waals surface area contributed by atoms with Gasteiger partial charge >= 0.3 is 0 Å². The van der Waals surface area contributed by atoms with Gasteiger partial charge in [0.05, 0.1) is 0 Å². The first-order valence-corrected chi connectivity index (χ1v) is 15.6. The third-order valence-electron chi connectivity index (χ3n) is 9.43. The van der Waals surface area contributed by atoms with Crippen molar-refractivity contribution in [3.63, 3.8) is 0 Å². The van der Waals surface area contributed by atoms with E-state index in [0.717, 1.165) is 43.5 Å². The van der Waals surface area contributed by atoms with Gasteiger partial charge in [-0.25, -0.2) is 0 Å². The third-order valence-corrected chi connectivity index (χ3v) is 9.43. The van der Waals surface area contributed by atoms with E-state index in [4.69, 9.17) is 0 Å². The van der Waals surface area contributed by atoms with E-state index >= 15 is 0 Å². The molecule has 3 aliphatic rings. The second-order valence-corrected chi connectivity index (χ2v) is 12.0. The molecule has 0 bridgehead atoms. The second-order valence-electron chi connectivity index (χ2n) is 12.0. The normalized spacial score (nSPS) is 17.2. The van der Waals surface area contributed by atoms with E-state index in [1.54, 1.807) is 11.1 Å². The van der Waals surface area contributed by atoms with E-state index in [-0.39, 0.29) is 0 Å². The first kappa shape index (κ1) is 25.8. The highest BCUT2D eigenvalue weighted by molar-refractivity contribution is 6.00. The number of fused-ring (bicyclic) bond motifs is 6. The van der Waals surface area contributed by atoms with E-state index in [0.29, 0.717) is 5.92 Å². The summed E-state index contributed by atoms with van der Waals surface area (Å²) in [6.45, 7) is 0.